The Morgan fingerprint density at radius 2 is 2.00 bits per heavy atom. The zero-order valence-electron chi connectivity index (χ0n) is 14.6. The molecule has 0 fully saturated rings. The van der Waals surface area contributed by atoms with Gasteiger partial charge in [0.05, 0.1) is 24.4 Å². The second-order valence-electron chi connectivity index (χ2n) is 5.69. The number of nitrogens with one attached hydrogen (secondary N) is 1. The Morgan fingerprint density at radius 3 is 2.68 bits per heavy atom. The molecule has 134 valence electrons. The topological polar surface area (TPSA) is 41.6 Å². The molecule has 0 saturated heterocycles. The van der Waals surface area contributed by atoms with E-state index in [9.17, 15) is 4.79 Å². The van der Waals surface area contributed by atoms with Crippen LogP contribution >= 0.6 is 23.2 Å². The molecule has 0 aliphatic rings. The fourth-order valence-electron chi connectivity index (χ4n) is 2.60. The summed E-state index contributed by atoms with van der Waals surface area (Å²) >= 11 is 12.1. The number of rotatable bonds is 7. The molecular weight excluding hydrogens is 359 g/mol. The largest absolute Gasteiger partial charge is 0.497 e. The number of methoxy groups -OCH3 is 1. The zero-order chi connectivity index (χ0) is 18.4. The van der Waals surface area contributed by atoms with Gasteiger partial charge in [0.15, 0.2) is 0 Å². The monoisotopic (exact) mass is 380 g/mol. The minimum Gasteiger partial charge on any atom is -0.497 e. The fourth-order valence-corrected chi connectivity index (χ4v) is 2.94. The van der Waals surface area contributed by atoms with Gasteiger partial charge in [-0.05, 0) is 49.4 Å². The lowest BCUT2D eigenvalue weighted by atomic mass is 10.1. The molecule has 0 saturated carbocycles. The maximum atomic E-state index is 12.4. The number of benzene rings is 2. The maximum absolute atomic E-state index is 12.4. The van der Waals surface area contributed by atoms with Crippen molar-refractivity contribution in [2.45, 2.75) is 19.9 Å². The third kappa shape index (κ3) is 5.36. The summed E-state index contributed by atoms with van der Waals surface area (Å²) in [6.07, 6.45) is 0. The predicted molar refractivity (Wildman–Crippen MR) is 104 cm³/mol. The summed E-state index contributed by atoms with van der Waals surface area (Å²) in [6, 6.07) is 12.9. The molecule has 0 aliphatic carbocycles. The van der Waals surface area contributed by atoms with Crippen molar-refractivity contribution in [3.8, 4) is 5.75 Å². The van der Waals surface area contributed by atoms with Gasteiger partial charge < -0.3 is 10.1 Å². The first kappa shape index (κ1) is 19.6. The van der Waals surface area contributed by atoms with Crippen molar-refractivity contribution in [2.75, 3.05) is 25.5 Å². The van der Waals surface area contributed by atoms with Gasteiger partial charge in [0.25, 0.3) is 0 Å². The van der Waals surface area contributed by atoms with Gasteiger partial charge in [-0.15, -0.1) is 0 Å². The van der Waals surface area contributed by atoms with Crippen LogP contribution in [0.4, 0.5) is 5.69 Å². The van der Waals surface area contributed by atoms with Gasteiger partial charge in [0, 0.05) is 11.1 Å². The highest BCUT2D eigenvalue weighted by atomic mass is 35.5. The van der Waals surface area contributed by atoms with Crippen LogP contribution in [-0.2, 0) is 4.79 Å². The van der Waals surface area contributed by atoms with E-state index in [-0.39, 0.29) is 18.5 Å². The van der Waals surface area contributed by atoms with Crippen LogP contribution in [0.5, 0.6) is 5.75 Å². The molecule has 1 amide bonds. The van der Waals surface area contributed by atoms with Crippen molar-refractivity contribution in [1.82, 2.24) is 4.90 Å². The lowest BCUT2D eigenvalue weighted by Crippen LogP contribution is -2.35. The Morgan fingerprint density at radius 1 is 1.24 bits per heavy atom. The number of carbonyl (C=O) groups excluding carboxylic acids is 1. The van der Waals surface area contributed by atoms with Crippen LogP contribution in [0.3, 0.4) is 0 Å². The van der Waals surface area contributed by atoms with Gasteiger partial charge in [-0.25, -0.2) is 0 Å². The number of hydrogen-bond acceptors (Lipinski definition) is 3. The predicted octanol–water partition coefficient (Wildman–Crippen LogP) is 5.02. The van der Waals surface area contributed by atoms with Gasteiger partial charge in [0.1, 0.15) is 5.75 Å². The first-order valence-electron chi connectivity index (χ1n) is 8.07. The van der Waals surface area contributed by atoms with E-state index in [0.29, 0.717) is 15.7 Å². The highest BCUT2D eigenvalue weighted by molar-refractivity contribution is 6.35. The molecule has 2 aromatic rings. The molecule has 1 unspecified atom stereocenters. The van der Waals surface area contributed by atoms with Crippen LogP contribution < -0.4 is 10.1 Å². The highest BCUT2D eigenvalue weighted by Gasteiger charge is 2.18. The Labute approximate surface area is 158 Å². The number of hydrogen-bond donors (Lipinski definition) is 1. The number of likely N-dealkylation sites (N-methyl/N-ethyl adjacent to an activating group) is 1. The lowest BCUT2D eigenvalue weighted by molar-refractivity contribution is -0.117. The minimum absolute atomic E-state index is 0.0701. The molecular formula is C19H22Cl2N2O2. The van der Waals surface area contributed by atoms with Crippen LogP contribution in [0, 0.1) is 0 Å². The minimum atomic E-state index is -0.138. The van der Waals surface area contributed by atoms with Crippen LogP contribution in [-0.4, -0.2) is 31.0 Å². The normalized spacial score (nSPS) is 12.1. The van der Waals surface area contributed by atoms with E-state index in [0.717, 1.165) is 17.9 Å². The lowest BCUT2D eigenvalue weighted by Gasteiger charge is -2.27. The van der Waals surface area contributed by atoms with Gasteiger partial charge in [0.2, 0.25) is 5.91 Å². The molecule has 0 aromatic heterocycles. The summed E-state index contributed by atoms with van der Waals surface area (Å²) in [5.41, 5.74) is 1.61. The van der Waals surface area contributed by atoms with Crippen LogP contribution in [0.2, 0.25) is 10.0 Å². The maximum Gasteiger partial charge on any atom is 0.238 e. The molecule has 6 heteroatoms. The van der Waals surface area contributed by atoms with Crippen molar-refractivity contribution in [2.24, 2.45) is 0 Å². The molecule has 1 N–H and O–H groups in total. The average molecular weight is 381 g/mol. The van der Waals surface area contributed by atoms with Crippen molar-refractivity contribution >= 4 is 34.8 Å². The third-order valence-corrected chi connectivity index (χ3v) is 4.64. The van der Waals surface area contributed by atoms with Crippen molar-refractivity contribution in [3.05, 3.63) is 58.1 Å². The molecule has 0 aliphatic heterocycles. The van der Waals surface area contributed by atoms with E-state index in [1.807, 2.05) is 31.2 Å². The number of nitrogens with zero attached hydrogens (tertiary/aromatic N) is 1. The molecule has 1 atom stereocenters. The Kier molecular flexibility index (Phi) is 7.12. The second kappa shape index (κ2) is 9.09. The van der Waals surface area contributed by atoms with Crippen LogP contribution in [0.1, 0.15) is 25.5 Å². The van der Waals surface area contributed by atoms with Gasteiger partial charge >= 0.3 is 0 Å². The number of halogens is 2. The molecule has 2 aromatic carbocycles. The van der Waals surface area contributed by atoms with Gasteiger partial charge in [-0.2, -0.15) is 0 Å². The van der Waals surface area contributed by atoms with E-state index in [1.165, 1.54) is 0 Å². The Hall–Kier alpha value is -1.75. The van der Waals surface area contributed by atoms with E-state index in [1.54, 1.807) is 25.3 Å². The van der Waals surface area contributed by atoms with Gasteiger partial charge in [-0.3, -0.25) is 9.69 Å². The summed E-state index contributed by atoms with van der Waals surface area (Å²) in [5.74, 6) is 0.663. The van der Waals surface area contributed by atoms with E-state index < -0.39 is 0 Å². The number of anilines is 1. The average Bonchev–Trinajstić information content (AvgIpc) is 2.62. The molecule has 4 nitrogen and oxygen atoms in total. The SMILES string of the molecule is CCN(CC(=O)Nc1cc(Cl)ccc1Cl)C(C)c1cccc(OC)c1. The summed E-state index contributed by atoms with van der Waals surface area (Å²) in [5, 5.41) is 3.81. The first-order chi connectivity index (χ1) is 11.9. The summed E-state index contributed by atoms with van der Waals surface area (Å²) < 4.78 is 5.28. The quantitative estimate of drug-likeness (QED) is 0.732. The molecule has 2 rings (SSSR count). The van der Waals surface area contributed by atoms with Crippen molar-refractivity contribution in [3.63, 3.8) is 0 Å². The van der Waals surface area contributed by atoms with Crippen LogP contribution in [0.15, 0.2) is 42.5 Å². The number of carbonyl (C=O) groups is 1. The first-order valence-corrected chi connectivity index (χ1v) is 8.83. The number of ether oxygens (including phenoxy) is 1. The fraction of sp³-hybridized carbons (Fsp3) is 0.316. The standard InChI is InChI=1S/C19H22Cl2N2O2/c1-4-23(13(2)14-6-5-7-16(10-14)25-3)12-19(24)22-18-11-15(20)8-9-17(18)21/h5-11,13H,4,12H2,1-3H3,(H,22,24). The van der Waals surface area contributed by atoms with E-state index in [2.05, 4.69) is 17.1 Å². The van der Waals surface area contributed by atoms with Crippen LogP contribution in [0.25, 0.3) is 0 Å². The van der Waals surface area contributed by atoms with Crippen molar-refractivity contribution < 1.29 is 9.53 Å². The van der Waals surface area contributed by atoms with Crippen molar-refractivity contribution in [1.29, 1.82) is 0 Å². The summed E-state index contributed by atoms with van der Waals surface area (Å²) in [7, 11) is 1.64. The Bertz CT molecular complexity index is 737. The number of amides is 1. The van der Waals surface area contributed by atoms with E-state index in [4.69, 9.17) is 27.9 Å². The van der Waals surface area contributed by atoms with E-state index >= 15 is 0 Å². The molecule has 0 bridgehead atoms. The third-order valence-electron chi connectivity index (χ3n) is 4.08. The van der Waals surface area contributed by atoms with Gasteiger partial charge in [-0.1, -0.05) is 42.3 Å². The molecule has 0 radical (unpaired) electrons. The zero-order valence-corrected chi connectivity index (χ0v) is 16.1. The molecule has 25 heavy (non-hydrogen) atoms. The summed E-state index contributed by atoms with van der Waals surface area (Å²) in [6.45, 7) is 5.07. The molecule has 0 heterocycles. The second-order valence-corrected chi connectivity index (χ2v) is 6.53. The summed E-state index contributed by atoms with van der Waals surface area (Å²) in [4.78, 5) is 14.5. The highest BCUT2D eigenvalue weighted by Crippen LogP contribution is 2.26. The molecule has 0 spiro atoms. The smallest absolute Gasteiger partial charge is 0.238 e. The Balaban J connectivity index is 2.07.